The highest BCUT2D eigenvalue weighted by Crippen LogP contribution is 2.11. The molecule has 0 aromatic carbocycles. The fourth-order valence-electron chi connectivity index (χ4n) is 2.89. The molecule has 0 radical (unpaired) electrons. The predicted octanol–water partition coefficient (Wildman–Crippen LogP) is 1.45. The van der Waals surface area contributed by atoms with Crippen molar-refractivity contribution in [3.8, 4) is 0 Å². The van der Waals surface area contributed by atoms with Crippen molar-refractivity contribution in [2.45, 2.75) is 31.8 Å². The van der Waals surface area contributed by atoms with Crippen molar-refractivity contribution >= 4 is 11.7 Å². The first-order valence-corrected chi connectivity index (χ1v) is 8.36. The average molecular weight is 319 g/mol. The molecule has 7 heteroatoms. The molecule has 126 valence electrons. The first-order valence-electron chi connectivity index (χ1n) is 8.36. The fraction of sp³-hybridized carbons (Fsp3) is 0.625. The van der Waals surface area contributed by atoms with Gasteiger partial charge < -0.3 is 15.4 Å². The normalized spacial score (nSPS) is 22.0. The molecule has 1 aromatic heterocycles. The second-order valence-electron chi connectivity index (χ2n) is 6.01. The summed E-state index contributed by atoms with van der Waals surface area (Å²) in [5.74, 6) is 0. The van der Waals surface area contributed by atoms with Gasteiger partial charge in [-0.1, -0.05) is 12.2 Å². The van der Waals surface area contributed by atoms with Crippen molar-refractivity contribution in [3.05, 3.63) is 24.5 Å². The van der Waals surface area contributed by atoms with Gasteiger partial charge in [-0.25, -0.2) is 4.79 Å². The standard InChI is InChI=1S/C16H25N5O2/c22-16(18-14-4-2-1-3-5-14)19-15-12-17-21(13-15)7-6-20-8-10-23-11-9-20/h2,4,12-14H,1,3,5-11H2,(H2,18,19,22). The lowest BCUT2D eigenvalue weighted by atomic mass is 10.0. The van der Waals surface area contributed by atoms with Gasteiger partial charge in [0.05, 0.1) is 31.6 Å². The maximum absolute atomic E-state index is 12.0. The number of anilines is 1. The van der Waals surface area contributed by atoms with Crippen molar-refractivity contribution in [1.29, 1.82) is 0 Å². The lowest BCUT2D eigenvalue weighted by Crippen LogP contribution is -2.38. The molecule has 1 unspecified atom stereocenters. The third-order valence-electron chi connectivity index (χ3n) is 4.21. The predicted molar refractivity (Wildman–Crippen MR) is 88.4 cm³/mol. The Balaban J connectivity index is 1.42. The zero-order valence-electron chi connectivity index (χ0n) is 13.4. The van der Waals surface area contributed by atoms with Crippen LogP contribution in [-0.4, -0.2) is 59.6 Å². The molecular weight excluding hydrogens is 294 g/mol. The molecule has 1 saturated heterocycles. The van der Waals surface area contributed by atoms with Gasteiger partial charge in [-0.05, 0) is 19.3 Å². The molecule has 0 bridgehead atoms. The van der Waals surface area contributed by atoms with Gasteiger partial charge in [0, 0.05) is 31.9 Å². The summed E-state index contributed by atoms with van der Waals surface area (Å²) in [6.07, 6.45) is 11.0. The number of carbonyl (C=O) groups excluding carboxylic acids is 1. The van der Waals surface area contributed by atoms with Crippen LogP contribution in [-0.2, 0) is 11.3 Å². The largest absolute Gasteiger partial charge is 0.379 e. The number of hydrogen-bond acceptors (Lipinski definition) is 4. The fourth-order valence-corrected chi connectivity index (χ4v) is 2.89. The molecule has 1 aliphatic heterocycles. The highest BCUT2D eigenvalue weighted by Gasteiger charge is 2.13. The first-order chi connectivity index (χ1) is 11.3. The van der Waals surface area contributed by atoms with Gasteiger partial charge in [-0.2, -0.15) is 5.10 Å². The molecule has 2 N–H and O–H groups in total. The van der Waals surface area contributed by atoms with Crippen LogP contribution in [0.15, 0.2) is 24.5 Å². The summed E-state index contributed by atoms with van der Waals surface area (Å²) in [5.41, 5.74) is 0.726. The van der Waals surface area contributed by atoms with Crippen LogP contribution in [0.3, 0.4) is 0 Å². The highest BCUT2D eigenvalue weighted by molar-refractivity contribution is 5.89. The number of hydrogen-bond donors (Lipinski definition) is 2. The molecule has 7 nitrogen and oxygen atoms in total. The smallest absolute Gasteiger partial charge is 0.319 e. The van der Waals surface area contributed by atoms with Gasteiger partial charge in [-0.3, -0.25) is 9.58 Å². The Kier molecular flexibility index (Phi) is 5.65. The van der Waals surface area contributed by atoms with Crippen LogP contribution >= 0.6 is 0 Å². The summed E-state index contributed by atoms with van der Waals surface area (Å²) < 4.78 is 7.21. The van der Waals surface area contributed by atoms with E-state index in [0.717, 1.165) is 64.3 Å². The van der Waals surface area contributed by atoms with E-state index in [9.17, 15) is 4.79 Å². The summed E-state index contributed by atoms with van der Waals surface area (Å²) in [4.78, 5) is 14.3. The molecule has 1 aliphatic carbocycles. The molecule has 3 rings (SSSR count). The van der Waals surface area contributed by atoms with Crippen LogP contribution in [0.4, 0.5) is 10.5 Å². The van der Waals surface area contributed by atoms with Crippen molar-refractivity contribution in [2.24, 2.45) is 0 Å². The lowest BCUT2D eigenvalue weighted by molar-refractivity contribution is 0.0360. The number of amides is 2. The molecule has 0 saturated carbocycles. The van der Waals surface area contributed by atoms with Crippen LogP contribution in [0.25, 0.3) is 0 Å². The topological polar surface area (TPSA) is 71.4 Å². The molecule has 2 amide bonds. The average Bonchev–Trinajstić information content (AvgIpc) is 3.02. The molecule has 0 spiro atoms. The monoisotopic (exact) mass is 319 g/mol. The molecule has 2 aliphatic rings. The van der Waals surface area contributed by atoms with Gasteiger partial charge in [0.25, 0.3) is 0 Å². The van der Waals surface area contributed by atoms with Gasteiger partial charge in [0.1, 0.15) is 0 Å². The minimum atomic E-state index is -0.172. The zero-order chi connectivity index (χ0) is 15.9. The van der Waals surface area contributed by atoms with Crippen LogP contribution < -0.4 is 10.6 Å². The van der Waals surface area contributed by atoms with E-state index in [1.807, 2.05) is 10.9 Å². The van der Waals surface area contributed by atoms with Gasteiger partial charge >= 0.3 is 6.03 Å². The first kappa shape index (κ1) is 16.0. The number of carbonyl (C=O) groups is 1. The molecule has 1 atom stereocenters. The van der Waals surface area contributed by atoms with Crippen LogP contribution in [0.1, 0.15) is 19.3 Å². The Bertz CT molecular complexity index is 536. The van der Waals surface area contributed by atoms with Crippen molar-refractivity contribution in [2.75, 3.05) is 38.2 Å². The molecule has 1 fully saturated rings. The SMILES string of the molecule is O=C(Nc1cnn(CCN2CCOCC2)c1)NC1C=CCCC1. The van der Waals surface area contributed by atoms with E-state index in [0.29, 0.717) is 0 Å². The lowest BCUT2D eigenvalue weighted by Gasteiger charge is -2.26. The van der Waals surface area contributed by atoms with E-state index in [4.69, 9.17) is 4.74 Å². The molecule has 2 heterocycles. The number of urea groups is 1. The van der Waals surface area contributed by atoms with Crippen LogP contribution in [0, 0.1) is 0 Å². The van der Waals surface area contributed by atoms with E-state index in [1.165, 1.54) is 0 Å². The summed E-state index contributed by atoms with van der Waals surface area (Å²) in [7, 11) is 0. The minimum absolute atomic E-state index is 0.139. The second kappa shape index (κ2) is 8.12. The zero-order valence-corrected chi connectivity index (χ0v) is 13.4. The van der Waals surface area contributed by atoms with Gasteiger partial charge in [0.2, 0.25) is 0 Å². The maximum atomic E-state index is 12.0. The van der Waals surface area contributed by atoms with Crippen LogP contribution in [0.2, 0.25) is 0 Å². The number of morpholine rings is 1. The van der Waals surface area contributed by atoms with E-state index >= 15 is 0 Å². The van der Waals surface area contributed by atoms with E-state index in [2.05, 4.69) is 32.8 Å². The maximum Gasteiger partial charge on any atom is 0.319 e. The Morgan fingerprint density at radius 2 is 2.22 bits per heavy atom. The van der Waals surface area contributed by atoms with Crippen molar-refractivity contribution in [3.63, 3.8) is 0 Å². The van der Waals surface area contributed by atoms with E-state index < -0.39 is 0 Å². The quantitative estimate of drug-likeness (QED) is 0.806. The Hall–Kier alpha value is -1.86. The number of ether oxygens (including phenoxy) is 1. The number of allylic oxidation sites excluding steroid dienone is 1. The minimum Gasteiger partial charge on any atom is -0.379 e. The van der Waals surface area contributed by atoms with E-state index in [1.54, 1.807) is 6.20 Å². The Labute approximate surface area is 136 Å². The Morgan fingerprint density at radius 1 is 1.35 bits per heavy atom. The van der Waals surface area contributed by atoms with Gasteiger partial charge in [-0.15, -0.1) is 0 Å². The summed E-state index contributed by atoms with van der Waals surface area (Å²) in [5, 5.41) is 10.1. The highest BCUT2D eigenvalue weighted by atomic mass is 16.5. The number of aromatic nitrogens is 2. The number of nitrogens with zero attached hydrogens (tertiary/aromatic N) is 3. The van der Waals surface area contributed by atoms with Crippen molar-refractivity contribution < 1.29 is 9.53 Å². The third-order valence-corrected chi connectivity index (χ3v) is 4.21. The molecule has 23 heavy (non-hydrogen) atoms. The molecular formula is C16H25N5O2. The van der Waals surface area contributed by atoms with Gasteiger partial charge in [0.15, 0.2) is 0 Å². The second-order valence-corrected chi connectivity index (χ2v) is 6.01. The summed E-state index contributed by atoms with van der Waals surface area (Å²) in [6.45, 7) is 5.33. The summed E-state index contributed by atoms with van der Waals surface area (Å²) >= 11 is 0. The number of rotatable bonds is 5. The molecule has 1 aromatic rings. The summed E-state index contributed by atoms with van der Waals surface area (Å²) in [6, 6.07) is -0.0330. The van der Waals surface area contributed by atoms with Crippen LogP contribution in [0.5, 0.6) is 0 Å². The van der Waals surface area contributed by atoms with E-state index in [-0.39, 0.29) is 12.1 Å². The third kappa shape index (κ3) is 5.07. The van der Waals surface area contributed by atoms with Crippen molar-refractivity contribution in [1.82, 2.24) is 20.0 Å². The Morgan fingerprint density at radius 3 is 3.00 bits per heavy atom. The number of nitrogens with one attached hydrogen (secondary N) is 2.